The summed E-state index contributed by atoms with van der Waals surface area (Å²) < 4.78 is 28.1. The van der Waals surface area contributed by atoms with E-state index in [0.29, 0.717) is 6.54 Å². The van der Waals surface area contributed by atoms with Crippen molar-refractivity contribution in [3.05, 3.63) is 70.3 Å². The molecule has 20 heavy (non-hydrogen) atoms. The quantitative estimate of drug-likeness (QED) is 0.878. The first-order chi connectivity index (χ1) is 9.52. The van der Waals surface area contributed by atoms with E-state index in [1.807, 2.05) is 39.0 Å². The second-order valence-corrected chi connectivity index (χ2v) is 5.05. The van der Waals surface area contributed by atoms with Gasteiger partial charge in [-0.1, -0.05) is 42.3 Å². The summed E-state index contributed by atoms with van der Waals surface area (Å²) in [6, 6.07) is 9.48. The standard InChI is InChI=1S/C17H19F2N/c1-4-20-17(13-9-11(2)8-12(3)10-13)16-14(18)6-5-7-15(16)19/h5-10,17,20H,4H2,1-3H3. The molecule has 1 atom stereocenters. The molecule has 0 radical (unpaired) electrons. The molecule has 2 aromatic rings. The van der Waals surface area contributed by atoms with E-state index in [1.165, 1.54) is 18.2 Å². The van der Waals surface area contributed by atoms with Crippen molar-refractivity contribution in [3.8, 4) is 0 Å². The lowest BCUT2D eigenvalue weighted by molar-refractivity contribution is 0.510. The van der Waals surface area contributed by atoms with Crippen LogP contribution < -0.4 is 5.32 Å². The summed E-state index contributed by atoms with van der Waals surface area (Å²) in [6.45, 7) is 6.52. The Morgan fingerprint density at radius 3 is 2.05 bits per heavy atom. The van der Waals surface area contributed by atoms with E-state index in [1.54, 1.807) is 0 Å². The molecule has 1 nitrogen and oxygen atoms in total. The summed E-state index contributed by atoms with van der Waals surface area (Å²) in [6.07, 6.45) is 0. The van der Waals surface area contributed by atoms with Gasteiger partial charge in [-0.2, -0.15) is 0 Å². The highest BCUT2D eigenvalue weighted by atomic mass is 19.1. The Morgan fingerprint density at radius 2 is 1.55 bits per heavy atom. The molecular weight excluding hydrogens is 256 g/mol. The van der Waals surface area contributed by atoms with Crippen molar-refractivity contribution >= 4 is 0 Å². The lowest BCUT2D eigenvalue weighted by Gasteiger charge is -2.21. The van der Waals surface area contributed by atoms with Crippen LogP contribution in [0, 0.1) is 25.5 Å². The van der Waals surface area contributed by atoms with Crippen LogP contribution in [0.3, 0.4) is 0 Å². The van der Waals surface area contributed by atoms with Crippen LogP contribution >= 0.6 is 0 Å². The third kappa shape index (κ3) is 3.05. The molecule has 0 saturated carbocycles. The Labute approximate surface area is 118 Å². The molecule has 0 bridgehead atoms. The van der Waals surface area contributed by atoms with E-state index >= 15 is 0 Å². The summed E-state index contributed by atoms with van der Waals surface area (Å²) in [5, 5.41) is 3.17. The van der Waals surface area contributed by atoms with E-state index in [0.717, 1.165) is 16.7 Å². The maximum atomic E-state index is 14.0. The smallest absolute Gasteiger partial charge is 0.131 e. The number of hydrogen-bond donors (Lipinski definition) is 1. The van der Waals surface area contributed by atoms with E-state index in [4.69, 9.17) is 0 Å². The predicted molar refractivity (Wildman–Crippen MR) is 77.8 cm³/mol. The molecule has 0 aliphatic carbocycles. The van der Waals surface area contributed by atoms with Crippen molar-refractivity contribution in [1.82, 2.24) is 5.32 Å². The first-order valence-electron chi connectivity index (χ1n) is 6.78. The first kappa shape index (κ1) is 14.7. The van der Waals surface area contributed by atoms with Gasteiger partial charge >= 0.3 is 0 Å². The molecule has 0 aliphatic heterocycles. The fraction of sp³-hybridized carbons (Fsp3) is 0.294. The Hall–Kier alpha value is -1.74. The molecule has 0 aliphatic rings. The maximum Gasteiger partial charge on any atom is 0.131 e. The highest BCUT2D eigenvalue weighted by molar-refractivity contribution is 5.38. The zero-order valence-corrected chi connectivity index (χ0v) is 12.0. The Bertz CT molecular complexity index is 567. The van der Waals surface area contributed by atoms with E-state index in [9.17, 15) is 8.78 Å². The SMILES string of the molecule is CCNC(c1cc(C)cc(C)c1)c1c(F)cccc1F. The number of rotatable bonds is 4. The van der Waals surface area contributed by atoms with Crippen LogP contribution in [0.1, 0.15) is 35.2 Å². The minimum atomic E-state index is -0.518. The Morgan fingerprint density at radius 1 is 1.00 bits per heavy atom. The molecule has 1 N–H and O–H groups in total. The molecule has 106 valence electrons. The van der Waals surface area contributed by atoms with E-state index in [2.05, 4.69) is 5.32 Å². The van der Waals surface area contributed by atoms with Crippen LogP contribution in [-0.4, -0.2) is 6.54 Å². The minimum Gasteiger partial charge on any atom is -0.306 e. The topological polar surface area (TPSA) is 12.0 Å². The highest BCUT2D eigenvalue weighted by Gasteiger charge is 2.21. The Kier molecular flexibility index (Phi) is 4.50. The summed E-state index contributed by atoms with van der Waals surface area (Å²) in [4.78, 5) is 0. The summed E-state index contributed by atoms with van der Waals surface area (Å²) in [7, 11) is 0. The van der Waals surface area contributed by atoms with Crippen molar-refractivity contribution in [2.45, 2.75) is 26.8 Å². The molecule has 0 fully saturated rings. The van der Waals surface area contributed by atoms with Crippen molar-refractivity contribution in [1.29, 1.82) is 0 Å². The summed E-state index contributed by atoms with van der Waals surface area (Å²) in [5.41, 5.74) is 3.13. The van der Waals surface area contributed by atoms with Gasteiger partial charge in [0.1, 0.15) is 11.6 Å². The van der Waals surface area contributed by atoms with Crippen LogP contribution in [0.15, 0.2) is 36.4 Å². The van der Waals surface area contributed by atoms with E-state index < -0.39 is 17.7 Å². The van der Waals surface area contributed by atoms with Gasteiger partial charge in [-0.25, -0.2) is 8.78 Å². The molecular formula is C17H19F2N. The maximum absolute atomic E-state index is 14.0. The molecule has 0 heterocycles. The third-order valence-corrected chi connectivity index (χ3v) is 3.27. The number of hydrogen-bond acceptors (Lipinski definition) is 1. The van der Waals surface area contributed by atoms with Crippen LogP contribution in [0.25, 0.3) is 0 Å². The van der Waals surface area contributed by atoms with Crippen molar-refractivity contribution < 1.29 is 8.78 Å². The second-order valence-electron chi connectivity index (χ2n) is 5.05. The van der Waals surface area contributed by atoms with Crippen LogP contribution in [0.5, 0.6) is 0 Å². The van der Waals surface area contributed by atoms with Crippen molar-refractivity contribution in [2.75, 3.05) is 6.54 Å². The Balaban J connectivity index is 2.56. The van der Waals surface area contributed by atoms with Gasteiger partial charge in [-0.15, -0.1) is 0 Å². The van der Waals surface area contributed by atoms with Gasteiger partial charge in [0.15, 0.2) is 0 Å². The van der Waals surface area contributed by atoms with Gasteiger partial charge in [0, 0.05) is 5.56 Å². The average molecular weight is 275 g/mol. The summed E-state index contributed by atoms with van der Waals surface area (Å²) >= 11 is 0. The van der Waals surface area contributed by atoms with Gasteiger partial charge in [-0.3, -0.25) is 0 Å². The first-order valence-corrected chi connectivity index (χ1v) is 6.78. The zero-order valence-electron chi connectivity index (χ0n) is 12.0. The second kappa shape index (κ2) is 6.14. The highest BCUT2D eigenvalue weighted by Crippen LogP contribution is 2.28. The van der Waals surface area contributed by atoms with Crippen molar-refractivity contribution in [2.24, 2.45) is 0 Å². The number of nitrogens with one attached hydrogen (secondary N) is 1. The summed E-state index contributed by atoms with van der Waals surface area (Å²) in [5.74, 6) is -1.04. The number of halogens is 2. The lowest BCUT2D eigenvalue weighted by Crippen LogP contribution is -2.24. The molecule has 0 aromatic heterocycles. The monoisotopic (exact) mass is 275 g/mol. The molecule has 0 amide bonds. The molecule has 0 spiro atoms. The minimum absolute atomic E-state index is 0.0827. The molecule has 0 saturated heterocycles. The van der Waals surface area contributed by atoms with Gasteiger partial charge in [0.25, 0.3) is 0 Å². The fourth-order valence-electron chi connectivity index (χ4n) is 2.55. The van der Waals surface area contributed by atoms with Crippen LogP contribution in [0.2, 0.25) is 0 Å². The lowest BCUT2D eigenvalue weighted by atomic mass is 9.95. The van der Waals surface area contributed by atoms with E-state index in [-0.39, 0.29) is 5.56 Å². The molecule has 2 aromatic carbocycles. The predicted octanol–water partition coefficient (Wildman–Crippen LogP) is 4.28. The zero-order chi connectivity index (χ0) is 14.7. The average Bonchev–Trinajstić information content (AvgIpc) is 2.36. The normalized spacial score (nSPS) is 12.4. The van der Waals surface area contributed by atoms with Crippen LogP contribution in [0.4, 0.5) is 8.78 Å². The third-order valence-electron chi connectivity index (χ3n) is 3.27. The fourth-order valence-corrected chi connectivity index (χ4v) is 2.55. The number of aryl methyl sites for hydroxylation is 2. The molecule has 2 rings (SSSR count). The largest absolute Gasteiger partial charge is 0.306 e. The van der Waals surface area contributed by atoms with Gasteiger partial charge in [-0.05, 0) is 38.1 Å². The van der Waals surface area contributed by atoms with Gasteiger partial charge < -0.3 is 5.32 Å². The molecule has 1 unspecified atom stereocenters. The molecule has 3 heteroatoms. The number of benzene rings is 2. The van der Waals surface area contributed by atoms with Gasteiger partial charge in [0.2, 0.25) is 0 Å². The van der Waals surface area contributed by atoms with Gasteiger partial charge in [0.05, 0.1) is 6.04 Å². The van der Waals surface area contributed by atoms with Crippen molar-refractivity contribution in [3.63, 3.8) is 0 Å². The van der Waals surface area contributed by atoms with Crippen LogP contribution in [-0.2, 0) is 0 Å².